The van der Waals surface area contributed by atoms with Gasteiger partial charge in [0.2, 0.25) is 0 Å². The molecule has 1 nitrogen and oxygen atoms in total. The summed E-state index contributed by atoms with van der Waals surface area (Å²) in [5, 5.41) is 0. The quantitative estimate of drug-likeness (QED) is 0.703. The van der Waals surface area contributed by atoms with Crippen molar-refractivity contribution in [1.29, 1.82) is 0 Å². The van der Waals surface area contributed by atoms with Crippen LogP contribution in [0, 0.1) is 11.6 Å². The van der Waals surface area contributed by atoms with Crippen LogP contribution in [-0.2, 0) is 4.74 Å². The number of halogens is 2. The zero-order chi connectivity index (χ0) is 12.3. The van der Waals surface area contributed by atoms with Crippen molar-refractivity contribution in [3.63, 3.8) is 0 Å². The molecule has 0 N–H and O–H groups in total. The van der Waals surface area contributed by atoms with Crippen LogP contribution < -0.4 is 0 Å². The van der Waals surface area contributed by atoms with Crippen LogP contribution in [0.4, 0.5) is 8.78 Å². The Bertz CT molecular complexity index is 396. The first-order valence-corrected chi connectivity index (χ1v) is 5.85. The topological polar surface area (TPSA) is 9.23 Å². The van der Waals surface area contributed by atoms with Gasteiger partial charge in [0.15, 0.2) is 0 Å². The number of allylic oxidation sites excluding steroid dienone is 1. The van der Waals surface area contributed by atoms with Crippen molar-refractivity contribution < 1.29 is 13.5 Å². The minimum Gasteiger partial charge on any atom is -0.504 e. The van der Waals surface area contributed by atoms with Crippen LogP contribution in [0.1, 0.15) is 37.2 Å². The van der Waals surface area contributed by atoms with E-state index >= 15 is 0 Å². The predicted molar refractivity (Wildman–Crippen MR) is 62.7 cm³/mol. The van der Waals surface area contributed by atoms with Crippen LogP contribution >= 0.6 is 0 Å². The lowest BCUT2D eigenvalue weighted by molar-refractivity contribution is 0.326. The van der Waals surface area contributed by atoms with E-state index in [1.165, 1.54) is 17.7 Å². The maximum atomic E-state index is 13.1. The van der Waals surface area contributed by atoms with Crippen molar-refractivity contribution in [3.05, 3.63) is 47.2 Å². The van der Waals surface area contributed by atoms with Gasteiger partial charge >= 0.3 is 0 Å². The highest BCUT2D eigenvalue weighted by Crippen LogP contribution is 2.35. The molecule has 0 bridgehead atoms. The highest BCUT2D eigenvalue weighted by molar-refractivity contribution is 5.23. The third-order valence-electron chi connectivity index (χ3n) is 3.27. The van der Waals surface area contributed by atoms with Gasteiger partial charge in [-0.3, -0.25) is 0 Å². The maximum Gasteiger partial charge on any atom is 0.126 e. The van der Waals surface area contributed by atoms with E-state index in [0.717, 1.165) is 37.3 Å². The molecule has 1 aliphatic carbocycles. The number of methoxy groups -OCH3 is 1. The third-order valence-corrected chi connectivity index (χ3v) is 3.27. The molecular weight excluding hydrogens is 222 g/mol. The Morgan fingerprint density at radius 3 is 2.24 bits per heavy atom. The summed E-state index contributed by atoms with van der Waals surface area (Å²) >= 11 is 0. The van der Waals surface area contributed by atoms with Crippen LogP contribution in [0.15, 0.2) is 30.0 Å². The van der Waals surface area contributed by atoms with Crippen molar-refractivity contribution >= 4 is 0 Å². The summed E-state index contributed by atoms with van der Waals surface area (Å²) in [6.07, 6.45) is 5.52. The largest absolute Gasteiger partial charge is 0.504 e. The van der Waals surface area contributed by atoms with E-state index < -0.39 is 11.6 Å². The molecule has 0 amide bonds. The number of rotatable bonds is 2. The average Bonchev–Trinajstić information content (AvgIpc) is 2.29. The molecule has 1 saturated carbocycles. The third kappa shape index (κ3) is 3.05. The minimum atomic E-state index is -0.488. The second kappa shape index (κ2) is 5.30. The van der Waals surface area contributed by atoms with E-state index in [0.29, 0.717) is 0 Å². The Hall–Kier alpha value is -1.38. The molecule has 1 aromatic rings. The Morgan fingerprint density at radius 2 is 1.71 bits per heavy atom. The number of hydrogen-bond acceptors (Lipinski definition) is 1. The summed E-state index contributed by atoms with van der Waals surface area (Å²) in [6.45, 7) is 0. The van der Waals surface area contributed by atoms with Gasteiger partial charge in [-0.25, -0.2) is 8.78 Å². The zero-order valence-corrected chi connectivity index (χ0v) is 9.88. The summed E-state index contributed by atoms with van der Waals surface area (Å²) in [7, 11) is 1.64. The van der Waals surface area contributed by atoms with Crippen LogP contribution in [0.3, 0.4) is 0 Å². The SMILES string of the molecule is COC=C1CCC(c2cc(F)cc(F)c2)CC1. The molecule has 0 unspecified atom stereocenters. The molecule has 0 heterocycles. The fourth-order valence-electron chi connectivity index (χ4n) is 2.42. The van der Waals surface area contributed by atoms with Gasteiger partial charge < -0.3 is 4.74 Å². The van der Waals surface area contributed by atoms with Gasteiger partial charge in [-0.05, 0) is 54.9 Å². The second-order valence-corrected chi connectivity index (χ2v) is 4.49. The van der Waals surface area contributed by atoms with E-state index in [1.54, 1.807) is 13.4 Å². The standard InChI is InChI=1S/C14H16F2O/c1-17-9-10-2-4-11(5-3-10)12-6-13(15)8-14(16)7-12/h6-9,11H,2-5H2,1H3. The van der Waals surface area contributed by atoms with Crippen molar-refractivity contribution in [2.45, 2.75) is 31.6 Å². The summed E-state index contributed by atoms with van der Waals surface area (Å²) in [4.78, 5) is 0. The highest BCUT2D eigenvalue weighted by atomic mass is 19.1. The summed E-state index contributed by atoms with van der Waals surface area (Å²) < 4.78 is 31.2. The first kappa shape index (κ1) is 12.1. The molecule has 1 aromatic carbocycles. The number of benzene rings is 1. The van der Waals surface area contributed by atoms with Crippen molar-refractivity contribution in [2.24, 2.45) is 0 Å². The van der Waals surface area contributed by atoms with Gasteiger partial charge in [0, 0.05) is 6.07 Å². The molecule has 0 aliphatic heterocycles. The molecule has 92 valence electrons. The maximum absolute atomic E-state index is 13.1. The van der Waals surface area contributed by atoms with Gasteiger partial charge in [-0.1, -0.05) is 0 Å². The Kier molecular flexibility index (Phi) is 3.77. The lowest BCUT2D eigenvalue weighted by Gasteiger charge is -2.24. The number of hydrogen-bond donors (Lipinski definition) is 0. The molecule has 2 rings (SSSR count). The Labute approximate surface area is 100 Å². The molecule has 3 heteroatoms. The zero-order valence-electron chi connectivity index (χ0n) is 9.88. The van der Waals surface area contributed by atoms with Crippen LogP contribution in [0.25, 0.3) is 0 Å². The molecule has 0 aromatic heterocycles. The molecule has 0 spiro atoms. The van der Waals surface area contributed by atoms with Crippen LogP contribution in [-0.4, -0.2) is 7.11 Å². The van der Waals surface area contributed by atoms with Gasteiger partial charge in [0.25, 0.3) is 0 Å². The molecular formula is C14H16F2O. The monoisotopic (exact) mass is 238 g/mol. The molecule has 17 heavy (non-hydrogen) atoms. The van der Waals surface area contributed by atoms with E-state index in [4.69, 9.17) is 4.74 Å². The summed E-state index contributed by atoms with van der Waals surface area (Å²) in [5.74, 6) is -0.717. The summed E-state index contributed by atoms with van der Waals surface area (Å²) in [6, 6.07) is 3.81. The minimum absolute atomic E-state index is 0.259. The Balaban J connectivity index is 2.07. The molecule has 1 fully saturated rings. The molecule has 1 aliphatic rings. The normalized spacial score (nSPS) is 20.2. The van der Waals surface area contributed by atoms with Crippen molar-refractivity contribution in [2.75, 3.05) is 7.11 Å². The summed E-state index contributed by atoms with van der Waals surface area (Å²) in [5.41, 5.74) is 2.06. The van der Waals surface area contributed by atoms with Gasteiger partial charge in [0.1, 0.15) is 11.6 Å². The van der Waals surface area contributed by atoms with Crippen molar-refractivity contribution in [3.8, 4) is 0 Å². The smallest absolute Gasteiger partial charge is 0.126 e. The highest BCUT2D eigenvalue weighted by Gasteiger charge is 2.19. The van der Waals surface area contributed by atoms with E-state index in [9.17, 15) is 8.78 Å². The van der Waals surface area contributed by atoms with E-state index in [-0.39, 0.29) is 5.92 Å². The number of ether oxygens (including phenoxy) is 1. The lowest BCUT2D eigenvalue weighted by atomic mass is 9.82. The van der Waals surface area contributed by atoms with E-state index in [1.807, 2.05) is 0 Å². The second-order valence-electron chi connectivity index (χ2n) is 4.49. The van der Waals surface area contributed by atoms with Gasteiger partial charge in [-0.2, -0.15) is 0 Å². The first-order chi connectivity index (χ1) is 8.19. The molecule has 0 saturated heterocycles. The predicted octanol–water partition coefficient (Wildman–Crippen LogP) is 4.15. The van der Waals surface area contributed by atoms with Crippen LogP contribution in [0.2, 0.25) is 0 Å². The van der Waals surface area contributed by atoms with Crippen LogP contribution in [0.5, 0.6) is 0 Å². The van der Waals surface area contributed by atoms with Crippen molar-refractivity contribution in [1.82, 2.24) is 0 Å². The Morgan fingerprint density at radius 1 is 1.12 bits per heavy atom. The fraction of sp³-hybridized carbons (Fsp3) is 0.429. The lowest BCUT2D eigenvalue weighted by Crippen LogP contribution is -2.07. The first-order valence-electron chi connectivity index (χ1n) is 5.85. The van der Waals surface area contributed by atoms with Gasteiger partial charge in [0.05, 0.1) is 13.4 Å². The molecule has 0 atom stereocenters. The fourth-order valence-corrected chi connectivity index (χ4v) is 2.42. The van der Waals surface area contributed by atoms with Gasteiger partial charge in [-0.15, -0.1) is 0 Å². The average molecular weight is 238 g/mol. The van der Waals surface area contributed by atoms with E-state index in [2.05, 4.69) is 0 Å². The molecule has 0 radical (unpaired) electrons.